The molecule has 0 aliphatic carbocycles. The maximum atomic E-state index is 12.9. The molecule has 2 amide bonds. The Kier molecular flexibility index (Phi) is 6.05. The number of nitrogens with one attached hydrogen (secondary N) is 1. The number of carbonyl (C=O) groups excluding carboxylic acids is 1. The molecule has 5 heteroatoms. The Balaban J connectivity index is 1.52. The number of fused-ring (bicyclic) bond motifs is 3. The highest BCUT2D eigenvalue weighted by Crippen LogP contribution is 2.30. The van der Waals surface area contributed by atoms with Gasteiger partial charge in [0.15, 0.2) is 0 Å². The molecule has 0 saturated carbocycles. The predicted octanol–water partition coefficient (Wildman–Crippen LogP) is 3.56. The molecule has 1 N–H and O–H groups in total. The van der Waals surface area contributed by atoms with E-state index >= 15 is 0 Å². The van der Waals surface area contributed by atoms with Crippen molar-refractivity contribution < 1.29 is 4.79 Å². The van der Waals surface area contributed by atoms with E-state index in [-0.39, 0.29) is 6.03 Å². The first-order valence-corrected chi connectivity index (χ1v) is 10.7. The van der Waals surface area contributed by atoms with Gasteiger partial charge in [0.05, 0.1) is 6.04 Å². The molecular weight excluding hydrogens is 360 g/mol. The molecule has 29 heavy (non-hydrogen) atoms. The van der Waals surface area contributed by atoms with Crippen LogP contribution in [0.5, 0.6) is 0 Å². The van der Waals surface area contributed by atoms with Gasteiger partial charge in [-0.25, -0.2) is 4.79 Å². The van der Waals surface area contributed by atoms with Gasteiger partial charge in [0.25, 0.3) is 0 Å². The first-order chi connectivity index (χ1) is 14.1. The molecule has 2 heterocycles. The van der Waals surface area contributed by atoms with E-state index in [1.165, 1.54) is 16.8 Å². The fourth-order valence-electron chi connectivity index (χ4n) is 4.39. The highest BCUT2D eigenvalue weighted by atomic mass is 16.2. The van der Waals surface area contributed by atoms with Gasteiger partial charge in [-0.05, 0) is 23.1 Å². The van der Waals surface area contributed by atoms with Crippen molar-refractivity contribution in [2.24, 2.45) is 5.92 Å². The van der Waals surface area contributed by atoms with Crippen LogP contribution in [0.1, 0.15) is 25.0 Å². The van der Waals surface area contributed by atoms with Crippen molar-refractivity contribution in [3.8, 4) is 0 Å². The molecule has 154 valence electrons. The van der Waals surface area contributed by atoms with E-state index in [1.807, 2.05) is 4.90 Å². The average molecular weight is 393 g/mol. The summed E-state index contributed by atoms with van der Waals surface area (Å²) in [5.41, 5.74) is 3.88. The van der Waals surface area contributed by atoms with E-state index in [0.29, 0.717) is 25.0 Å². The second-order valence-electron chi connectivity index (χ2n) is 8.66. The smallest absolute Gasteiger partial charge is 0.317 e. The molecule has 1 unspecified atom stereocenters. The summed E-state index contributed by atoms with van der Waals surface area (Å²) in [6.45, 7) is 10.4. The number of benzene rings is 2. The summed E-state index contributed by atoms with van der Waals surface area (Å²) in [7, 11) is 0. The van der Waals surface area contributed by atoms with Crippen LogP contribution in [0.3, 0.4) is 0 Å². The molecule has 1 fully saturated rings. The van der Waals surface area contributed by atoms with Crippen LogP contribution in [0.2, 0.25) is 0 Å². The second-order valence-corrected chi connectivity index (χ2v) is 8.66. The molecule has 0 radical (unpaired) electrons. The van der Waals surface area contributed by atoms with E-state index in [0.717, 1.165) is 32.7 Å². The van der Waals surface area contributed by atoms with Crippen molar-refractivity contribution in [2.45, 2.75) is 33.0 Å². The Bertz CT molecular complexity index is 823. The zero-order valence-corrected chi connectivity index (χ0v) is 17.6. The van der Waals surface area contributed by atoms with Crippen LogP contribution in [0, 0.1) is 5.92 Å². The number of para-hydroxylation sites is 1. The average Bonchev–Trinajstić information content (AvgIpc) is 2.89. The lowest BCUT2D eigenvalue weighted by molar-refractivity contribution is 0.169. The lowest BCUT2D eigenvalue weighted by atomic mass is 10.1. The molecular formula is C24H32N4O. The van der Waals surface area contributed by atoms with Gasteiger partial charge >= 0.3 is 6.03 Å². The third-order valence-electron chi connectivity index (χ3n) is 5.86. The maximum absolute atomic E-state index is 12.9. The molecule has 1 saturated heterocycles. The van der Waals surface area contributed by atoms with Gasteiger partial charge in [0.2, 0.25) is 0 Å². The van der Waals surface area contributed by atoms with E-state index in [1.54, 1.807) is 0 Å². The number of urea groups is 1. The topological polar surface area (TPSA) is 38.8 Å². The van der Waals surface area contributed by atoms with Gasteiger partial charge in [-0.1, -0.05) is 62.4 Å². The van der Waals surface area contributed by atoms with E-state index in [9.17, 15) is 4.79 Å². The van der Waals surface area contributed by atoms with Crippen molar-refractivity contribution in [3.63, 3.8) is 0 Å². The van der Waals surface area contributed by atoms with Crippen molar-refractivity contribution in [2.75, 3.05) is 37.6 Å². The van der Waals surface area contributed by atoms with Crippen LogP contribution in [0.4, 0.5) is 10.5 Å². The molecule has 2 aliphatic rings. The normalized spacial score (nSPS) is 19.5. The standard InChI is InChI=1S/C24H32N4O/c1-19(2)14-25-24(29)27-16-21-10-6-7-11-23(21)28-13-12-26(17-22(28)18-27)15-20-8-4-3-5-9-20/h3-11,19,22H,12-18H2,1-2H3,(H,25,29). The summed E-state index contributed by atoms with van der Waals surface area (Å²) in [5, 5.41) is 3.11. The molecule has 5 nitrogen and oxygen atoms in total. The zero-order valence-electron chi connectivity index (χ0n) is 17.6. The van der Waals surface area contributed by atoms with E-state index < -0.39 is 0 Å². The molecule has 0 spiro atoms. The first kappa shape index (κ1) is 19.8. The summed E-state index contributed by atoms with van der Waals surface area (Å²) in [6.07, 6.45) is 0. The van der Waals surface area contributed by atoms with Gasteiger partial charge < -0.3 is 15.1 Å². The first-order valence-electron chi connectivity index (χ1n) is 10.7. The highest BCUT2D eigenvalue weighted by molar-refractivity contribution is 5.75. The minimum Gasteiger partial charge on any atom is -0.364 e. The zero-order chi connectivity index (χ0) is 20.2. The molecule has 0 aromatic heterocycles. The molecule has 0 bridgehead atoms. The Morgan fingerprint density at radius 3 is 2.59 bits per heavy atom. The second kappa shape index (κ2) is 8.87. The SMILES string of the molecule is CC(C)CNC(=O)N1Cc2ccccc2N2CCN(Cc3ccccc3)CC2C1. The fourth-order valence-corrected chi connectivity index (χ4v) is 4.39. The summed E-state index contributed by atoms with van der Waals surface area (Å²) < 4.78 is 0. The Morgan fingerprint density at radius 1 is 1.03 bits per heavy atom. The lowest BCUT2D eigenvalue weighted by Crippen LogP contribution is -2.57. The van der Waals surface area contributed by atoms with Gasteiger partial charge in [0, 0.05) is 51.5 Å². The van der Waals surface area contributed by atoms with Crippen molar-refractivity contribution in [1.82, 2.24) is 15.1 Å². The maximum Gasteiger partial charge on any atom is 0.317 e. The van der Waals surface area contributed by atoms with E-state index in [4.69, 9.17) is 0 Å². The third kappa shape index (κ3) is 4.73. The molecule has 1 atom stereocenters. The van der Waals surface area contributed by atoms with Crippen LogP contribution in [0.25, 0.3) is 0 Å². The number of nitrogens with zero attached hydrogens (tertiary/aromatic N) is 3. The van der Waals surface area contributed by atoms with Crippen molar-refractivity contribution in [1.29, 1.82) is 0 Å². The van der Waals surface area contributed by atoms with Crippen LogP contribution in [-0.4, -0.2) is 54.6 Å². The van der Waals surface area contributed by atoms with Crippen LogP contribution < -0.4 is 10.2 Å². The number of rotatable bonds is 4. The quantitative estimate of drug-likeness (QED) is 0.865. The number of piperazine rings is 1. The summed E-state index contributed by atoms with van der Waals surface area (Å²) >= 11 is 0. The van der Waals surface area contributed by atoms with Crippen LogP contribution in [-0.2, 0) is 13.1 Å². The third-order valence-corrected chi connectivity index (χ3v) is 5.86. The molecule has 2 aliphatic heterocycles. The van der Waals surface area contributed by atoms with Crippen molar-refractivity contribution >= 4 is 11.7 Å². The van der Waals surface area contributed by atoms with Crippen molar-refractivity contribution in [3.05, 3.63) is 65.7 Å². The molecule has 4 rings (SSSR count). The van der Waals surface area contributed by atoms with Gasteiger partial charge in [0.1, 0.15) is 0 Å². The Morgan fingerprint density at radius 2 is 1.79 bits per heavy atom. The number of carbonyl (C=O) groups is 1. The van der Waals surface area contributed by atoms with Gasteiger partial charge in [-0.3, -0.25) is 4.90 Å². The van der Waals surface area contributed by atoms with E-state index in [2.05, 4.69) is 83.6 Å². The largest absolute Gasteiger partial charge is 0.364 e. The highest BCUT2D eigenvalue weighted by Gasteiger charge is 2.34. The molecule has 2 aromatic rings. The monoisotopic (exact) mass is 392 g/mol. The summed E-state index contributed by atoms with van der Waals surface area (Å²) in [6, 6.07) is 19.6. The minimum atomic E-state index is 0.0514. The van der Waals surface area contributed by atoms with Gasteiger partial charge in [-0.2, -0.15) is 0 Å². The Hall–Kier alpha value is -2.53. The van der Waals surface area contributed by atoms with Gasteiger partial charge in [-0.15, -0.1) is 0 Å². The predicted molar refractivity (Wildman–Crippen MR) is 118 cm³/mol. The number of anilines is 1. The fraction of sp³-hybridized carbons (Fsp3) is 0.458. The lowest BCUT2D eigenvalue weighted by Gasteiger charge is -2.43. The number of hydrogen-bond acceptors (Lipinski definition) is 3. The summed E-state index contributed by atoms with van der Waals surface area (Å²) in [5.74, 6) is 0.450. The van der Waals surface area contributed by atoms with Crippen LogP contribution >= 0.6 is 0 Å². The molecule has 2 aromatic carbocycles. The number of amides is 2. The summed E-state index contributed by atoms with van der Waals surface area (Å²) in [4.78, 5) is 19.9. The Labute approximate surface area is 174 Å². The number of hydrogen-bond donors (Lipinski definition) is 1. The van der Waals surface area contributed by atoms with Crippen LogP contribution in [0.15, 0.2) is 54.6 Å². The minimum absolute atomic E-state index is 0.0514.